The van der Waals surface area contributed by atoms with Crippen LogP contribution >= 0.6 is 22.9 Å². The van der Waals surface area contributed by atoms with Gasteiger partial charge in [-0.15, -0.1) is 11.3 Å². The van der Waals surface area contributed by atoms with Gasteiger partial charge in [-0.3, -0.25) is 15.0 Å². The van der Waals surface area contributed by atoms with Crippen LogP contribution in [0.1, 0.15) is 35.3 Å². The van der Waals surface area contributed by atoms with Crippen LogP contribution in [0, 0.1) is 0 Å². The standard InChI is InChI=1S/C21H17ClN4O3S/c1-21-11-16(15-10-13(22)5-6-17(15)29-21)24-20(28)26(21)14-4-2-3-12(9-14)18(27)25-19-23-7-8-30-19/h2-10,16H,11H2,1H3,(H,24,28)(H,23,25,27). The Hall–Kier alpha value is -3.10. The Morgan fingerprint density at radius 2 is 2.23 bits per heavy atom. The van der Waals surface area contributed by atoms with Gasteiger partial charge in [0, 0.05) is 34.1 Å². The lowest BCUT2D eigenvalue weighted by molar-refractivity contribution is 0.0378. The van der Waals surface area contributed by atoms with E-state index in [1.165, 1.54) is 11.3 Å². The highest BCUT2D eigenvalue weighted by Crippen LogP contribution is 2.46. The molecule has 2 aliphatic rings. The Morgan fingerprint density at radius 1 is 1.37 bits per heavy atom. The van der Waals surface area contributed by atoms with Crippen LogP contribution in [0.25, 0.3) is 0 Å². The van der Waals surface area contributed by atoms with Crippen molar-refractivity contribution in [2.75, 3.05) is 10.2 Å². The third-order valence-corrected chi connectivity index (χ3v) is 6.18. The number of halogens is 1. The molecular formula is C21H17ClN4O3S. The molecule has 1 fully saturated rings. The molecule has 1 aromatic heterocycles. The second-order valence-electron chi connectivity index (χ2n) is 7.34. The first-order chi connectivity index (χ1) is 14.4. The van der Waals surface area contributed by atoms with Crippen molar-refractivity contribution in [3.05, 3.63) is 70.2 Å². The molecule has 9 heteroatoms. The number of benzene rings is 2. The number of ether oxygens (including phenoxy) is 1. The van der Waals surface area contributed by atoms with E-state index in [0.29, 0.717) is 33.6 Å². The molecule has 2 aliphatic heterocycles. The molecule has 0 radical (unpaired) electrons. The zero-order valence-corrected chi connectivity index (χ0v) is 17.5. The number of carbonyl (C=O) groups excluding carboxylic acids is 2. The molecule has 2 aromatic carbocycles. The van der Waals surface area contributed by atoms with Gasteiger partial charge >= 0.3 is 6.03 Å². The van der Waals surface area contributed by atoms with Gasteiger partial charge in [0.25, 0.3) is 5.91 Å². The molecule has 3 amide bonds. The van der Waals surface area contributed by atoms with Crippen LogP contribution in [-0.2, 0) is 0 Å². The SMILES string of the molecule is CC12CC(NC(=O)N1c1cccc(C(=O)Nc3nccs3)c1)c1cc(Cl)ccc1O2. The van der Waals surface area contributed by atoms with Gasteiger partial charge < -0.3 is 10.1 Å². The summed E-state index contributed by atoms with van der Waals surface area (Å²) in [6.07, 6.45) is 2.17. The Morgan fingerprint density at radius 3 is 3.03 bits per heavy atom. The fourth-order valence-corrected chi connectivity index (χ4v) is 4.68. The molecule has 1 saturated heterocycles. The van der Waals surface area contributed by atoms with E-state index in [0.717, 1.165) is 5.56 Å². The molecule has 2 atom stereocenters. The van der Waals surface area contributed by atoms with E-state index in [-0.39, 0.29) is 18.0 Å². The third-order valence-electron chi connectivity index (χ3n) is 5.25. The molecule has 7 nitrogen and oxygen atoms in total. The molecule has 5 rings (SSSR count). The van der Waals surface area contributed by atoms with Gasteiger partial charge in [-0.1, -0.05) is 17.7 Å². The number of rotatable bonds is 3. The van der Waals surface area contributed by atoms with E-state index < -0.39 is 5.72 Å². The van der Waals surface area contributed by atoms with Crippen molar-refractivity contribution in [2.24, 2.45) is 0 Å². The summed E-state index contributed by atoms with van der Waals surface area (Å²) >= 11 is 7.46. The number of urea groups is 1. The number of nitrogens with one attached hydrogen (secondary N) is 2. The minimum atomic E-state index is -0.905. The molecule has 0 saturated carbocycles. The molecule has 3 heterocycles. The van der Waals surface area contributed by atoms with Crippen molar-refractivity contribution >= 4 is 45.7 Å². The van der Waals surface area contributed by atoms with E-state index in [4.69, 9.17) is 16.3 Å². The quantitative estimate of drug-likeness (QED) is 0.611. The van der Waals surface area contributed by atoms with E-state index in [2.05, 4.69) is 15.6 Å². The highest BCUT2D eigenvalue weighted by molar-refractivity contribution is 7.13. The number of hydrogen-bond acceptors (Lipinski definition) is 5. The van der Waals surface area contributed by atoms with Gasteiger partial charge in [0.15, 0.2) is 10.9 Å². The van der Waals surface area contributed by atoms with Gasteiger partial charge in [0.1, 0.15) is 5.75 Å². The number of fused-ring (bicyclic) bond motifs is 4. The summed E-state index contributed by atoms with van der Waals surface area (Å²) in [5.74, 6) is 0.387. The van der Waals surface area contributed by atoms with Gasteiger partial charge in [-0.05, 0) is 43.3 Å². The van der Waals surface area contributed by atoms with Crippen molar-refractivity contribution in [3.8, 4) is 5.75 Å². The maximum atomic E-state index is 13.0. The molecule has 2 N–H and O–H groups in total. The molecule has 0 spiro atoms. The van der Waals surface area contributed by atoms with Crippen LogP contribution in [0.2, 0.25) is 5.02 Å². The predicted octanol–water partition coefficient (Wildman–Crippen LogP) is 4.82. The van der Waals surface area contributed by atoms with Gasteiger partial charge in [-0.2, -0.15) is 0 Å². The number of aromatic nitrogens is 1. The Bertz CT molecular complexity index is 1150. The van der Waals surface area contributed by atoms with Gasteiger partial charge in [-0.25, -0.2) is 9.78 Å². The highest BCUT2D eigenvalue weighted by atomic mass is 35.5. The van der Waals surface area contributed by atoms with Crippen LogP contribution in [-0.4, -0.2) is 22.6 Å². The van der Waals surface area contributed by atoms with E-state index in [1.54, 1.807) is 46.8 Å². The van der Waals surface area contributed by atoms with Crippen molar-refractivity contribution in [1.29, 1.82) is 0 Å². The Balaban J connectivity index is 1.48. The zero-order valence-electron chi connectivity index (χ0n) is 15.9. The lowest BCUT2D eigenvalue weighted by atomic mass is 9.90. The first kappa shape index (κ1) is 18.9. The van der Waals surface area contributed by atoms with Crippen LogP contribution in [0.15, 0.2) is 54.0 Å². The van der Waals surface area contributed by atoms with Crippen molar-refractivity contribution in [3.63, 3.8) is 0 Å². The Labute approximate surface area is 181 Å². The maximum absolute atomic E-state index is 13.0. The van der Waals surface area contributed by atoms with Crippen LogP contribution in [0.4, 0.5) is 15.6 Å². The minimum Gasteiger partial charge on any atom is -0.467 e. The van der Waals surface area contributed by atoms with E-state index in [1.807, 2.05) is 19.1 Å². The predicted molar refractivity (Wildman–Crippen MR) is 115 cm³/mol. The van der Waals surface area contributed by atoms with E-state index in [9.17, 15) is 9.59 Å². The van der Waals surface area contributed by atoms with Crippen LogP contribution < -0.4 is 20.3 Å². The largest absolute Gasteiger partial charge is 0.467 e. The highest BCUT2D eigenvalue weighted by Gasteiger charge is 2.49. The van der Waals surface area contributed by atoms with Crippen LogP contribution in [0.5, 0.6) is 5.75 Å². The molecule has 3 aromatic rings. The maximum Gasteiger partial charge on any atom is 0.325 e. The fourth-order valence-electron chi connectivity index (χ4n) is 3.98. The lowest BCUT2D eigenvalue weighted by Gasteiger charge is -2.50. The molecular weight excluding hydrogens is 424 g/mol. The second kappa shape index (κ2) is 7.00. The summed E-state index contributed by atoms with van der Waals surface area (Å²) in [6, 6.07) is 11.8. The molecule has 2 bridgehead atoms. The Kier molecular flexibility index (Phi) is 4.41. The van der Waals surface area contributed by atoms with Crippen LogP contribution in [0.3, 0.4) is 0 Å². The summed E-state index contributed by atoms with van der Waals surface area (Å²) in [6.45, 7) is 1.87. The van der Waals surface area contributed by atoms with Gasteiger partial charge in [0.05, 0.1) is 11.7 Å². The number of amides is 3. The first-order valence-corrected chi connectivity index (χ1v) is 10.6. The minimum absolute atomic E-state index is 0.197. The van der Waals surface area contributed by atoms with Crippen molar-refractivity contribution in [2.45, 2.75) is 25.1 Å². The van der Waals surface area contributed by atoms with Crippen molar-refractivity contribution in [1.82, 2.24) is 10.3 Å². The first-order valence-electron chi connectivity index (χ1n) is 9.33. The second-order valence-corrected chi connectivity index (χ2v) is 8.67. The molecule has 152 valence electrons. The molecule has 30 heavy (non-hydrogen) atoms. The third kappa shape index (κ3) is 3.18. The number of carbonyl (C=O) groups is 2. The summed E-state index contributed by atoms with van der Waals surface area (Å²) in [7, 11) is 0. The molecule has 0 aliphatic carbocycles. The molecule has 2 unspecified atom stereocenters. The average Bonchev–Trinajstić information content (AvgIpc) is 3.21. The summed E-state index contributed by atoms with van der Waals surface area (Å²) in [5.41, 5.74) is 0.949. The summed E-state index contributed by atoms with van der Waals surface area (Å²) in [4.78, 5) is 31.3. The topological polar surface area (TPSA) is 83.6 Å². The van der Waals surface area contributed by atoms with E-state index >= 15 is 0 Å². The number of thiazole rings is 1. The zero-order chi connectivity index (χ0) is 20.9. The fraction of sp³-hybridized carbons (Fsp3) is 0.190. The average molecular weight is 441 g/mol. The number of anilines is 2. The monoisotopic (exact) mass is 440 g/mol. The summed E-state index contributed by atoms with van der Waals surface area (Å²) in [5, 5.41) is 8.68. The summed E-state index contributed by atoms with van der Waals surface area (Å²) < 4.78 is 6.27. The lowest BCUT2D eigenvalue weighted by Crippen LogP contribution is -2.65. The normalized spacial score (nSPS) is 22.0. The van der Waals surface area contributed by atoms with Gasteiger partial charge in [0.2, 0.25) is 0 Å². The van der Waals surface area contributed by atoms with Crippen molar-refractivity contribution < 1.29 is 14.3 Å². The number of hydrogen-bond donors (Lipinski definition) is 2. The smallest absolute Gasteiger partial charge is 0.325 e. The number of nitrogens with zero attached hydrogens (tertiary/aromatic N) is 2.